The molecule has 2 aromatic rings. The van der Waals surface area contributed by atoms with Gasteiger partial charge >= 0.3 is 81.4 Å². The standard InChI is InChI=1S/C10H8O2Se/c1-13-9-6-12-8-5-3-2-4-7(8)10(9)11/h2-6H,1H3. The predicted molar refractivity (Wildman–Crippen MR) is 53.7 cm³/mol. The van der Waals surface area contributed by atoms with Crippen LogP contribution in [0.2, 0.25) is 5.82 Å². The van der Waals surface area contributed by atoms with E-state index in [1.165, 1.54) is 0 Å². The second kappa shape index (κ2) is 3.36. The van der Waals surface area contributed by atoms with Crippen LogP contribution in [-0.4, -0.2) is 15.0 Å². The third-order valence-corrected chi connectivity index (χ3v) is 3.38. The quantitative estimate of drug-likeness (QED) is 0.699. The fraction of sp³-hybridized carbons (Fsp3) is 0.100. The monoisotopic (exact) mass is 240 g/mol. The van der Waals surface area contributed by atoms with Crippen molar-refractivity contribution in [3.8, 4) is 0 Å². The molecule has 0 saturated carbocycles. The van der Waals surface area contributed by atoms with Gasteiger partial charge in [0.2, 0.25) is 0 Å². The molecule has 0 aliphatic rings. The Kier molecular flexibility index (Phi) is 2.21. The van der Waals surface area contributed by atoms with Crippen LogP contribution in [0.25, 0.3) is 11.0 Å². The van der Waals surface area contributed by atoms with Crippen molar-refractivity contribution >= 4 is 30.4 Å². The molecule has 0 N–H and O–H groups in total. The van der Waals surface area contributed by atoms with Crippen LogP contribution in [0.1, 0.15) is 0 Å². The summed E-state index contributed by atoms with van der Waals surface area (Å²) in [5.41, 5.74) is 0.782. The van der Waals surface area contributed by atoms with E-state index in [0.717, 1.165) is 4.46 Å². The van der Waals surface area contributed by atoms with Crippen LogP contribution in [0.15, 0.2) is 39.7 Å². The zero-order valence-corrected chi connectivity index (χ0v) is 8.82. The Morgan fingerprint density at radius 3 is 2.85 bits per heavy atom. The molecule has 0 bridgehead atoms. The zero-order valence-electron chi connectivity index (χ0n) is 7.11. The molecule has 1 aromatic carbocycles. The molecule has 0 amide bonds. The summed E-state index contributed by atoms with van der Waals surface area (Å²) < 4.78 is 6.13. The zero-order chi connectivity index (χ0) is 9.26. The molecule has 13 heavy (non-hydrogen) atoms. The maximum atomic E-state index is 11.7. The van der Waals surface area contributed by atoms with Crippen molar-refractivity contribution in [1.82, 2.24) is 0 Å². The van der Waals surface area contributed by atoms with Crippen LogP contribution in [0.3, 0.4) is 0 Å². The van der Waals surface area contributed by atoms with Crippen molar-refractivity contribution in [2.45, 2.75) is 5.82 Å². The van der Waals surface area contributed by atoms with E-state index in [9.17, 15) is 4.79 Å². The van der Waals surface area contributed by atoms with Gasteiger partial charge in [-0.25, -0.2) is 0 Å². The number of benzene rings is 1. The Bertz CT molecular complexity index is 487. The minimum absolute atomic E-state index is 0.115. The Balaban J connectivity index is 2.87. The van der Waals surface area contributed by atoms with Gasteiger partial charge in [-0.3, -0.25) is 0 Å². The predicted octanol–water partition coefficient (Wildman–Crippen LogP) is 1.17. The molecular formula is C10H8O2Se. The molecule has 0 saturated heterocycles. The van der Waals surface area contributed by atoms with Gasteiger partial charge in [0.05, 0.1) is 0 Å². The van der Waals surface area contributed by atoms with Crippen LogP contribution >= 0.6 is 0 Å². The summed E-state index contributed by atoms with van der Waals surface area (Å²) in [5, 5.41) is 0.684. The molecular weight excluding hydrogens is 231 g/mol. The van der Waals surface area contributed by atoms with Crippen molar-refractivity contribution < 1.29 is 4.42 Å². The van der Waals surface area contributed by atoms with E-state index in [1.54, 1.807) is 12.3 Å². The Hall–Kier alpha value is -1.05. The van der Waals surface area contributed by atoms with E-state index >= 15 is 0 Å². The summed E-state index contributed by atoms with van der Waals surface area (Å²) in [4.78, 5) is 11.7. The Morgan fingerprint density at radius 2 is 2.08 bits per heavy atom. The van der Waals surface area contributed by atoms with Gasteiger partial charge in [-0.15, -0.1) is 0 Å². The first-order valence-corrected chi connectivity index (χ1v) is 6.44. The summed E-state index contributed by atoms with van der Waals surface area (Å²) >= 11 is 0.199. The summed E-state index contributed by atoms with van der Waals surface area (Å²) in [6.07, 6.45) is 1.57. The number of hydrogen-bond donors (Lipinski definition) is 0. The summed E-state index contributed by atoms with van der Waals surface area (Å²) in [6.45, 7) is 0. The fourth-order valence-corrected chi connectivity index (χ4v) is 2.12. The molecule has 2 nitrogen and oxygen atoms in total. The van der Waals surface area contributed by atoms with Gasteiger partial charge in [0, 0.05) is 0 Å². The maximum absolute atomic E-state index is 11.7. The second-order valence-electron chi connectivity index (χ2n) is 2.63. The summed E-state index contributed by atoms with van der Waals surface area (Å²) in [6, 6.07) is 7.33. The molecule has 1 aromatic heterocycles. The normalized spacial score (nSPS) is 10.5. The van der Waals surface area contributed by atoms with Crippen molar-refractivity contribution in [2.24, 2.45) is 0 Å². The third kappa shape index (κ3) is 1.41. The molecule has 0 spiro atoms. The van der Waals surface area contributed by atoms with E-state index in [0.29, 0.717) is 11.0 Å². The van der Waals surface area contributed by atoms with Gasteiger partial charge in [-0.1, -0.05) is 0 Å². The molecule has 0 fully saturated rings. The number of hydrogen-bond acceptors (Lipinski definition) is 2. The molecule has 0 aliphatic carbocycles. The van der Waals surface area contributed by atoms with Crippen molar-refractivity contribution in [3.63, 3.8) is 0 Å². The van der Waals surface area contributed by atoms with E-state index in [2.05, 4.69) is 0 Å². The topological polar surface area (TPSA) is 30.2 Å². The van der Waals surface area contributed by atoms with Crippen LogP contribution in [0, 0.1) is 0 Å². The first-order chi connectivity index (χ1) is 6.33. The molecule has 0 radical (unpaired) electrons. The van der Waals surface area contributed by atoms with E-state index in [1.807, 2.05) is 24.0 Å². The first kappa shape index (κ1) is 8.54. The van der Waals surface area contributed by atoms with Crippen molar-refractivity contribution in [2.75, 3.05) is 0 Å². The summed E-state index contributed by atoms with van der Waals surface area (Å²) in [5.74, 6) is 2.01. The van der Waals surface area contributed by atoms with Gasteiger partial charge in [0.1, 0.15) is 0 Å². The van der Waals surface area contributed by atoms with Crippen molar-refractivity contribution in [1.29, 1.82) is 0 Å². The molecule has 0 aliphatic heterocycles. The van der Waals surface area contributed by atoms with Gasteiger partial charge in [0.15, 0.2) is 0 Å². The van der Waals surface area contributed by atoms with Gasteiger partial charge in [0.25, 0.3) is 0 Å². The Labute approximate surface area is 81.7 Å². The number of para-hydroxylation sites is 1. The fourth-order valence-electron chi connectivity index (χ4n) is 1.20. The molecule has 66 valence electrons. The average molecular weight is 239 g/mol. The number of fused-ring (bicyclic) bond motifs is 1. The molecule has 0 atom stereocenters. The van der Waals surface area contributed by atoms with E-state index in [4.69, 9.17) is 4.42 Å². The van der Waals surface area contributed by atoms with Crippen LogP contribution in [0.4, 0.5) is 0 Å². The number of rotatable bonds is 1. The second-order valence-corrected chi connectivity index (χ2v) is 4.41. The average Bonchev–Trinajstić information content (AvgIpc) is 2.19. The molecule has 3 heteroatoms. The molecule has 1 heterocycles. The van der Waals surface area contributed by atoms with Gasteiger partial charge in [-0.05, 0) is 0 Å². The third-order valence-electron chi connectivity index (χ3n) is 1.87. The SMILES string of the molecule is C[Se]c1coc2ccccc2c1=O. The molecule has 2 rings (SSSR count). The van der Waals surface area contributed by atoms with E-state index in [-0.39, 0.29) is 20.4 Å². The van der Waals surface area contributed by atoms with Crippen LogP contribution < -0.4 is 9.89 Å². The Morgan fingerprint density at radius 1 is 1.31 bits per heavy atom. The minimum atomic E-state index is 0.115. The van der Waals surface area contributed by atoms with Gasteiger partial charge in [-0.2, -0.15) is 0 Å². The molecule has 0 unspecified atom stereocenters. The summed E-state index contributed by atoms with van der Waals surface area (Å²) in [7, 11) is 0. The van der Waals surface area contributed by atoms with Crippen LogP contribution in [-0.2, 0) is 0 Å². The van der Waals surface area contributed by atoms with Gasteiger partial charge < -0.3 is 0 Å². The first-order valence-electron chi connectivity index (χ1n) is 3.87. The van der Waals surface area contributed by atoms with Crippen molar-refractivity contribution in [3.05, 3.63) is 40.8 Å². The van der Waals surface area contributed by atoms with Crippen LogP contribution in [0.5, 0.6) is 0 Å². The van der Waals surface area contributed by atoms with E-state index < -0.39 is 0 Å².